The highest BCUT2D eigenvalue weighted by Gasteiger charge is 2.55. The van der Waals surface area contributed by atoms with Crippen molar-refractivity contribution < 1.29 is 0 Å². The average molecular weight is 341 g/mol. The highest BCUT2D eigenvalue weighted by atomic mass is 79.9. The minimum Gasteiger partial charge on any atom is -0.0884 e. The van der Waals surface area contributed by atoms with Crippen LogP contribution < -0.4 is 0 Å². The fraction of sp³-hybridized carbons (Fsp3) is 0.400. The molecule has 2 aromatic rings. The summed E-state index contributed by atoms with van der Waals surface area (Å²) in [7, 11) is 0. The van der Waals surface area contributed by atoms with Crippen LogP contribution in [0.15, 0.2) is 48.5 Å². The predicted octanol–water partition coefficient (Wildman–Crippen LogP) is 5.28. The van der Waals surface area contributed by atoms with Gasteiger partial charge in [-0.1, -0.05) is 70.0 Å². The van der Waals surface area contributed by atoms with Gasteiger partial charge in [-0.15, -0.1) is 0 Å². The maximum atomic E-state index is 4.01. The van der Waals surface area contributed by atoms with Gasteiger partial charge < -0.3 is 0 Å². The summed E-state index contributed by atoms with van der Waals surface area (Å²) in [6.07, 6.45) is 3.81. The molecule has 0 spiro atoms. The molecular formula is C20H21Br. The van der Waals surface area contributed by atoms with Gasteiger partial charge in [-0.05, 0) is 60.6 Å². The molecule has 2 aliphatic carbocycles. The van der Waals surface area contributed by atoms with Crippen LogP contribution in [0.5, 0.6) is 0 Å². The topological polar surface area (TPSA) is 0 Å². The van der Waals surface area contributed by atoms with E-state index in [1.807, 2.05) is 0 Å². The molecule has 0 aliphatic heterocycles. The lowest BCUT2D eigenvalue weighted by Gasteiger charge is -2.13. The molecular weight excluding hydrogens is 320 g/mol. The number of aryl methyl sites for hydroxylation is 2. The van der Waals surface area contributed by atoms with Crippen molar-refractivity contribution in [3.05, 3.63) is 70.8 Å². The molecule has 108 valence electrons. The van der Waals surface area contributed by atoms with Crippen LogP contribution in [0.3, 0.4) is 0 Å². The highest BCUT2D eigenvalue weighted by Crippen LogP contribution is 2.62. The van der Waals surface area contributed by atoms with Gasteiger partial charge in [0.05, 0.1) is 0 Å². The van der Waals surface area contributed by atoms with E-state index in [0.717, 1.165) is 24.2 Å². The van der Waals surface area contributed by atoms with E-state index >= 15 is 0 Å². The summed E-state index contributed by atoms with van der Waals surface area (Å²) in [5.41, 5.74) is 6.06. The molecule has 0 bridgehead atoms. The molecule has 1 fully saturated rings. The molecule has 0 aromatic heterocycles. The van der Waals surface area contributed by atoms with Gasteiger partial charge in [-0.3, -0.25) is 0 Å². The zero-order valence-electron chi connectivity index (χ0n) is 12.4. The summed E-state index contributed by atoms with van der Waals surface area (Å²) in [4.78, 5) is 0.612. The first kappa shape index (κ1) is 13.6. The number of halogens is 1. The van der Waals surface area contributed by atoms with Gasteiger partial charge in [-0.25, -0.2) is 0 Å². The number of hydrogen-bond donors (Lipinski definition) is 0. The first-order chi connectivity index (χ1) is 10.2. The van der Waals surface area contributed by atoms with Gasteiger partial charge in [0, 0.05) is 4.83 Å². The van der Waals surface area contributed by atoms with E-state index in [2.05, 4.69) is 71.4 Å². The lowest BCUT2D eigenvalue weighted by Crippen LogP contribution is -2.07. The SMILES string of the molecule is Cc1cccc(CC(Br)C2C3CCc4ccccc4C32)c1. The van der Waals surface area contributed by atoms with Crippen LogP contribution in [0.4, 0.5) is 0 Å². The van der Waals surface area contributed by atoms with Crippen molar-refractivity contribution in [2.24, 2.45) is 11.8 Å². The van der Waals surface area contributed by atoms with Crippen molar-refractivity contribution in [1.82, 2.24) is 0 Å². The standard InChI is InChI=1S/C20H21Br/c1-13-5-4-6-14(11-13)12-18(21)20-17-10-9-15-7-2-3-8-16(15)19(17)20/h2-8,11,17-20H,9-10,12H2,1H3. The van der Waals surface area contributed by atoms with E-state index in [9.17, 15) is 0 Å². The Balaban J connectivity index is 1.52. The third-order valence-corrected chi connectivity index (χ3v) is 6.26. The molecule has 0 heterocycles. The van der Waals surface area contributed by atoms with Crippen molar-refractivity contribution >= 4 is 15.9 Å². The van der Waals surface area contributed by atoms with Gasteiger partial charge >= 0.3 is 0 Å². The predicted molar refractivity (Wildman–Crippen MR) is 92.1 cm³/mol. The van der Waals surface area contributed by atoms with Crippen molar-refractivity contribution in [3.63, 3.8) is 0 Å². The molecule has 4 unspecified atom stereocenters. The van der Waals surface area contributed by atoms with Crippen molar-refractivity contribution in [3.8, 4) is 0 Å². The second kappa shape index (κ2) is 5.28. The van der Waals surface area contributed by atoms with Gasteiger partial charge in [0.1, 0.15) is 0 Å². The number of rotatable bonds is 3. The maximum Gasteiger partial charge on any atom is 0.0223 e. The quantitative estimate of drug-likeness (QED) is 0.667. The molecule has 4 atom stereocenters. The third kappa shape index (κ3) is 2.46. The van der Waals surface area contributed by atoms with E-state index in [0.29, 0.717) is 4.83 Å². The largest absolute Gasteiger partial charge is 0.0884 e. The van der Waals surface area contributed by atoms with E-state index in [1.165, 1.54) is 24.0 Å². The lowest BCUT2D eigenvalue weighted by atomic mass is 9.92. The minimum atomic E-state index is 0.612. The molecule has 21 heavy (non-hydrogen) atoms. The van der Waals surface area contributed by atoms with Crippen molar-refractivity contribution in [1.29, 1.82) is 0 Å². The second-order valence-electron chi connectivity index (χ2n) is 6.71. The smallest absolute Gasteiger partial charge is 0.0223 e. The normalized spacial score (nSPS) is 27.6. The Bertz CT molecular complexity index is 660. The van der Waals surface area contributed by atoms with Gasteiger partial charge in [0.25, 0.3) is 0 Å². The molecule has 2 aliphatic rings. The molecule has 2 aromatic carbocycles. The average Bonchev–Trinajstić information content (AvgIpc) is 3.22. The Kier molecular flexibility index (Phi) is 3.41. The third-order valence-electron chi connectivity index (χ3n) is 5.32. The van der Waals surface area contributed by atoms with Gasteiger partial charge in [0.15, 0.2) is 0 Å². The molecule has 0 saturated heterocycles. The number of fused-ring (bicyclic) bond motifs is 3. The molecule has 1 saturated carbocycles. The molecule has 0 N–H and O–H groups in total. The van der Waals surface area contributed by atoms with Crippen LogP contribution in [-0.2, 0) is 12.8 Å². The highest BCUT2D eigenvalue weighted by molar-refractivity contribution is 9.09. The Hall–Kier alpha value is -1.08. The first-order valence-corrected chi connectivity index (χ1v) is 8.93. The minimum absolute atomic E-state index is 0.612. The zero-order valence-corrected chi connectivity index (χ0v) is 14.0. The molecule has 0 nitrogen and oxygen atoms in total. The summed E-state index contributed by atoms with van der Waals surface area (Å²) >= 11 is 4.01. The molecule has 0 radical (unpaired) electrons. The van der Waals surface area contributed by atoms with Crippen LogP contribution in [0, 0.1) is 18.8 Å². The van der Waals surface area contributed by atoms with E-state index < -0.39 is 0 Å². The summed E-state index contributed by atoms with van der Waals surface area (Å²) in [6.45, 7) is 2.18. The van der Waals surface area contributed by atoms with Crippen molar-refractivity contribution in [2.75, 3.05) is 0 Å². The molecule has 0 amide bonds. The summed E-state index contributed by atoms with van der Waals surface area (Å²) in [5.74, 6) is 2.55. The summed E-state index contributed by atoms with van der Waals surface area (Å²) in [6, 6.07) is 18.0. The van der Waals surface area contributed by atoms with Crippen molar-refractivity contribution in [2.45, 2.75) is 36.9 Å². The Labute approximate surface area is 135 Å². The maximum absolute atomic E-state index is 4.01. The van der Waals surface area contributed by atoms with Crippen LogP contribution in [0.25, 0.3) is 0 Å². The lowest BCUT2D eigenvalue weighted by molar-refractivity contribution is 0.617. The Morgan fingerprint density at radius 3 is 2.86 bits per heavy atom. The van der Waals surface area contributed by atoms with E-state index in [1.54, 1.807) is 11.1 Å². The monoisotopic (exact) mass is 340 g/mol. The van der Waals surface area contributed by atoms with Gasteiger partial charge in [0.2, 0.25) is 0 Å². The van der Waals surface area contributed by atoms with E-state index in [-0.39, 0.29) is 0 Å². The van der Waals surface area contributed by atoms with Gasteiger partial charge in [-0.2, -0.15) is 0 Å². The summed E-state index contributed by atoms with van der Waals surface area (Å²) < 4.78 is 0. The van der Waals surface area contributed by atoms with Crippen LogP contribution in [-0.4, -0.2) is 4.83 Å². The fourth-order valence-electron chi connectivity index (χ4n) is 4.31. The number of alkyl halides is 1. The summed E-state index contributed by atoms with van der Waals surface area (Å²) in [5, 5.41) is 0. The molecule has 4 rings (SSSR count). The van der Waals surface area contributed by atoms with Crippen LogP contribution in [0.2, 0.25) is 0 Å². The zero-order chi connectivity index (χ0) is 14.4. The first-order valence-electron chi connectivity index (χ1n) is 8.01. The van der Waals surface area contributed by atoms with E-state index in [4.69, 9.17) is 0 Å². The Morgan fingerprint density at radius 2 is 2.00 bits per heavy atom. The van der Waals surface area contributed by atoms with Crippen LogP contribution >= 0.6 is 15.9 Å². The van der Waals surface area contributed by atoms with Crippen LogP contribution in [0.1, 0.15) is 34.6 Å². The second-order valence-corrected chi connectivity index (χ2v) is 7.89. The number of hydrogen-bond acceptors (Lipinski definition) is 0. The molecule has 1 heteroatoms. The fourth-order valence-corrected chi connectivity index (χ4v) is 5.41. The Morgan fingerprint density at radius 1 is 1.14 bits per heavy atom. The number of benzene rings is 2.